The van der Waals surface area contributed by atoms with E-state index >= 15 is 0 Å². The maximum absolute atomic E-state index is 14.5. The maximum atomic E-state index is 14.5. The number of ether oxygens (including phenoxy) is 1. The number of benzene rings is 1. The van der Waals surface area contributed by atoms with E-state index in [2.05, 4.69) is 4.99 Å². The molecule has 1 heterocycles. The highest BCUT2D eigenvalue weighted by atomic mass is 19.1. The van der Waals surface area contributed by atoms with Crippen LogP contribution in [-0.4, -0.2) is 24.5 Å². The molecule has 0 radical (unpaired) electrons. The number of rotatable bonds is 2. The van der Waals surface area contributed by atoms with Crippen LogP contribution in [0.5, 0.6) is 0 Å². The lowest BCUT2D eigenvalue weighted by Crippen LogP contribution is -2.52. The lowest BCUT2D eigenvalue weighted by molar-refractivity contribution is -0.0230. The Kier molecular flexibility index (Phi) is 3.43. The molecule has 104 valence electrons. The quantitative estimate of drug-likeness (QED) is 0.899. The smallest absolute Gasteiger partial charge is 0.283 e. The first-order valence-corrected chi connectivity index (χ1v) is 5.91. The lowest BCUT2D eigenvalue weighted by atomic mass is 9.83. The number of hydrogen-bond acceptors (Lipinski definition) is 3. The van der Waals surface area contributed by atoms with Crippen LogP contribution in [0.4, 0.5) is 13.2 Å². The highest BCUT2D eigenvalue weighted by molar-refractivity contribution is 5.73. The summed E-state index contributed by atoms with van der Waals surface area (Å²) in [6.45, 7) is 2.54. The minimum Gasteiger partial charge on any atom is -0.456 e. The van der Waals surface area contributed by atoms with Gasteiger partial charge in [-0.05, 0) is 19.9 Å². The molecule has 0 spiro atoms. The van der Waals surface area contributed by atoms with Crippen LogP contribution in [0.25, 0.3) is 0 Å². The minimum atomic E-state index is -1.84. The molecule has 1 aromatic rings. The number of amidine groups is 1. The van der Waals surface area contributed by atoms with Crippen molar-refractivity contribution in [3.8, 4) is 0 Å². The third-order valence-corrected chi connectivity index (χ3v) is 3.30. The van der Waals surface area contributed by atoms with Gasteiger partial charge in [0, 0.05) is 5.56 Å². The van der Waals surface area contributed by atoms with E-state index in [4.69, 9.17) is 10.5 Å². The molecule has 19 heavy (non-hydrogen) atoms. The summed E-state index contributed by atoms with van der Waals surface area (Å²) in [6, 6.07) is 5.31. The molecular formula is C13H15F3N2O. The van der Waals surface area contributed by atoms with Gasteiger partial charge in [0.1, 0.15) is 17.5 Å². The minimum absolute atomic E-state index is 0.0272. The molecule has 2 N–H and O–H groups in total. The van der Waals surface area contributed by atoms with Crippen molar-refractivity contribution < 1.29 is 17.9 Å². The molecule has 0 amide bonds. The molecule has 1 aliphatic rings. The molecule has 0 saturated carbocycles. The average molecular weight is 272 g/mol. The molecule has 2 rings (SSSR count). The Bertz CT molecular complexity index is 506. The van der Waals surface area contributed by atoms with Gasteiger partial charge < -0.3 is 10.5 Å². The summed E-state index contributed by atoms with van der Waals surface area (Å²) in [7, 11) is 0. The number of alkyl halides is 2. The fourth-order valence-electron chi connectivity index (χ4n) is 2.24. The highest BCUT2D eigenvalue weighted by Gasteiger charge is 2.49. The average Bonchev–Trinajstić information content (AvgIpc) is 2.34. The van der Waals surface area contributed by atoms with Crippen LogP contribution in [0.1, 0.15) is 19.4 Å². The fourth-order valence-corrected chi connectivity index (χ4v) is 2.24. The van der Waals surface area contributed by atoms with Crippen molar-refractivity contribution in [2.45, 2.75) is 37.8 Å². The van der Waals surface area contributed by atoms with Gasteiger partial charge in [-0.1, -0.05) is 18.2 Å². The summed E-state index contributed by atoms with van der Waals surface area (Å²) in [5, 5.41) is 0. The van der Waals surface area contributed by atoms with Gasteiger partial charge in [-0.25, -0.2) is 18.2 Å². The Labute approximate surface area is 109 Å². The second-order valence-electron chi connectivity index (χ2n) is 4.74. The SMILES string of the molecule is C[C@@H](F)[C@H]1OC(N)=N[C@](C)(c2ccccc2F)[C@H]1F. The second-order valence-corrected chi connectivity index (χ2v) is 4.74. The predicted molar refractivity (Wildman–Crippen MR) is 65.7 cm³/mol. The van der Waals surface area contributed by atoms with Crippen molar-refractivity contribution in [2.75, 3.05) is 0 Å². The van der Waals surface area contributed by atoms with Gasteiger partial charge in [-0.2, -0.15) is 0 Å². The van der Waals surface area contributed by atoms with Crippen LogP contribution in [-0.2, 0) is 10.3 Å². The molecule has 4 atom stereocenters. The Morgan fingerprint density at radius 1 is 1.42 bits per heavy atom. The first kappa shape index (κ1) is 13.7. The summed E-state index contributed by atoms with van der Waals surface area (Å²) < 4.78 is 46.6. The van der Waals surface area contributed by atoms with Crippen LogP contribution in [0, 0.1) is 5.82 Å². The van der Waals surface area contributed by atoms with Gasteiger partial charge in [-0.15, -0.1) is 0 Å². The predicted octanol–water partition coefficient (Wildman–Crippen LogP) is 2.45. The number of halogens is 3. The largest absolute Gasteiger partial charge is 0.456 e. The van der Waals surface area contributed by atoms with Gasteiger partial charge >= 0.3 is 0 Å². The first-order valence-electron chi connectivity index (χ1n) is 5.91. The molecule has 6 heteroatoms. The van der Waals surface area contributed by atoms with Crippen LogP contribution >= 0.6 is 0 Å². The fraction of sp³-hybridized carbons (Fsp3) is 0.462. The standard InChI is InChI=1S/C13H15F3N2O/c1-7(14)10-11(16)13(2,18-12(17)19-10)8-5-3-4-6-9(8)15/h3-7,10-11H,1-2H3,(H2,17,18)/t7-,10-,11+,13-/m1/s1. The molecule has 0 bridgehead atoms. The number of nitrogens with zero attached hydrogens (tertiary/aromatic N) is 1. The Hall–Kier alpha value is -1.72. The first-order chi connectivity index (χ1) is 8.86. The van der Waals surface area contributed by atoms with E-state index in [9.17, 15) is 13.2 Å². The Morgan fingerprint density at radius 3 is 2.63 bits per heavy atom. The van der Waals surface area contributed by atoms with Crippen molar-refractivity contribution in [2.24, 2.45) is 10.7 Å². The summed E-state index contributed by atoms with van der Waals surface area (Å²) in [4.78, 5) is 3.85. The number of nitrogens with two attached hydrogens (primary N) is 1. The van der Waals surface area contributed by atoms with Gasteiger partial charge in [-0.3, -0.25) is 0 Å². The maximum Gasteiger partial charge on any atom is 0.283 e. The van der Waals surface area contributed by atoms with Gasteiger partial charge in [0.2, 0.25) is 0 Å². The van der Waals surface area contributed by atoms with E-state index in [0.29, 0.717) is 0 Å². The van der Waals surface area contributed by atoms with E-state index < -0.39 is 29.8 Å². The zero-order valence-electron chi connectivity index (χ0n) is 10.6. The van der Waals surface area contributed by atoms with E-state index in [1.54, 1.807) is 6.07 Å². The summed E-state index contributed by atoms with van der Waals surface area (Å²) in [6.07, 6.45) is -4.83. The summed E-state index contributed by atoms with van der Waals surface area (Å²) >= 11 is 0. The van der Waals surface area contributed by atoms with E-state index in [1.807, 2.05) is 0 Å². The lowest BCUT2D eigenvalue weighted by Gasteiger charge is -2.38. The van der Waals surface area contributed by atoms with Crippen molar-refractivity contribution in [1.82, 2.24) is 0 Å². The molecule has 0 fully saturated rings. The molecule has 0 unspecified atom stereocenters. The number of aliphatic imine (C=N–C) groups is 1. The third-order valence-electron chi connectivity index (χ3n) is 3.30. The Balaban J connectivity index is 2.52. The third kappa shape index (κ3) is 2.27. The zero-order valence-corrected chi connectivity index (χ0v) is 10.6. The topological polar surface area (TPSA) is 47.6 Å². The second kappa shape index (κ2) is 4.75. The van der Waals surface area contributed by atoms with E-state index in [0.717, 1.165) is 6.92 Å². The van der Waals surface area contributed by atoms with Gasteiger partial charge in [0.05, 0.1) is 0 Å². The molecular weight excluding hydrogens is 257 g/mol. The Morgan fingerprint density at radius 2 is 2.05 bits per heavy atom. The molecule has 0 aromatic heterocycles. The van der Waals surface area contributed by atoms with Crippen molar-refractivity contribution in [3.05, 3.63) is 35.6 Å². The van der Waals surface area contributed by atoms with Gasteiger partial charge in [0.25, 0.3) is 6.02 Å². The molecule has 0 saturated heterocycles. The van der Waals surface area contributed by atoms with Gasteiger partial charge in [0.15, 0.2) is 12.3 Å². The molecule has 1 aliphatic heterocycles. The van der Waals surface area contributed by atoms with Crippen molar-refractivity contribution >= 4 is 6.02 Å². The molecule has 0 aliphatic carbocycles. The normalized spacial score (nSPS) is 32.4. The highest BCUT2D eigenvalue weighted by Crippen LogP contribution is 2.39. The molecule has 3 nitrogen and oxygen atoms in total. The van der Waals surface area contributed by atoms with Crippen molar-refractivity contribution in [1.29, 1.82) is 0 Å². The molecule has 1 aromatic carbocycles. The van der Waals surface area contributed by atoms with Crippen LogP contribution in [0.15, 0.2) is 29.3 Å². The zero-order chi connectivity index (χ0) is 14.2. The summed E-state index contributed by atoms with van der Waals surface area (Å²) in [5.41, 5.74) is 3.89. The monoisotopic (exact) mass is 272 g/mol. The van der Waals surface area contributed by atoms with E-state index in [-0.39, 0.29) is 11.6 Å². The van der Waals surface area contributed by atoms with Crippen LogP contribution in [0.3, 0.4) is 0 Å². The van der Waals surface area contributed by atoms with Crippen LogP contribution < -0.4 is 5.73 Å². The van der Waals surface area contributed by atoms with Crippen molar-refractivity contribution in [3.63, 3.8) is 0 Å². The van der Waals surface area contributed by atoms with E-state index in [1.165, 1.54) is 25.1 Å². The number of hydrogen-bond donors (Lipinski definition) is 1. The van der Waals surface area contributed by atoms with Crippen LogP contribution in [0.2, 0.25) is 0 Å². The summed E-state index contributed by atoms with van der Waals surface area (Å²) in [5.74, 6) is -0.614.